The average molecular weight is 297 g/mol. The quantitative estimate of drug-likeness (QED) is 0.901. The van der Waals surface area contributed by atoms with E-state index in [1.54, 1.807) is 0 Å². The Labute approximate surface area is 127 Å². The molecule has 0 amide bonds. The molecule has 1 N–H and O–H groups in total. The van der Waals surface area contributed by atoms with E-state index in [2.05, 4.69) is 56.2 Å². The predicted molar refractivity (Wildman–Crippen MR) is 85.6 cm³/mol. The molecule has 1 heterocycles. The summed E-state index contributed by atoms with van der Waals surface area (Å²) in [6.07, 6.45) is 1.35. The fraction of sp³-hybridized carbons (Fsp3) is 0.625. The van der Waals surface area contributed by atoms with Crippen LogP contribution in [0.3, 0.4) is 0 Å². The van der Waals surface area contributed by atoms with Crippen molar-refractivity contribution in [3.05, 3.63) is 28.8 Å². The number of rotatable bonds is 5. The van der Waals surface area contributed by atoms with Gasteiger partial charge in [0.05, 0.1) is 12.1 Å². The van der Waals surface area contributed by atoms with Gasteiger partial charge in [0.2, 0.25) is 0 Å². The van der Waals surface area contributed by atoms with Crippen molar-refractivity contribution in [2.75, 3.05) is 18.6 Å². The van der Waals surface area contributed by atoms with Gasteiger partial charge >= 0.3 is 0 Å². The molecule has 1 aliphatic rings. The molecule has 3 nitrogen and oxygen atoms in total. The number of halogens is 1. The first-order valence-electron chi connectivity index (χ1n) is 7.35. The Hall–Kier alpha value is -0.770. The van der Waals surface area contributed by atoms with Gasteiger partial charge < -0.3 is 15.0 Å². The molecule has 1 aromatic rings. The van der Waals surface area contributed by atoms with Crippen LogP contribution in [0.15, 0.2) is 18.2 Å². The van der Waals surface area contributed by atoms with Crippen molar-refractivity contribution in [1.82, 2.24) is 5.32 Å². The van der Waals surface area contributed by atoms with E-state index in [0.717, 1.165) is 35.8 Å². The largest absolute Gasteiger partial charge is 0.376 e. The van der Waals surface area contributed by atoms with Gasteiger partial charge in [-0.2, -0.15) is 0 Å². The Morgan fingerprint density at radius 3 is 2.75 bits per heavy atom. The zero-order valence-electron chi connectivity index (χ0n) is 12.8. The van der Waals surface area contributed by atoms with Crippen LogP contribution in [0.25, 0.3) is 0 Å². The topological polar surface area (TPSA) is 24.5 Å². The molecule has 2 rings (SSSR count). The van der Waals surface area contributed by atoms with Crippen LogP contribution in [-0.4, -0.2) is 31.8 Å². The van der Waals surface area contributed by atoms with E-state index in [0.29, 0.717) is 12.1 Å². The van der Waals surface area contributed by atoms with Gasteiger partial charge in [0.15, 0.2) is 0 Å². The Morgan fingerprint density at radius 2 is 2.20 bits per heavy atom. The minimum Gasteiger partial charge on any atom is -0.376 e. The SMILES string of the molecule is CC(C)NCc1ccc(N(C)C2CCOC2C)cc1Cl. The maximum atomic E-state index is 6.40. The van der Waals surface area contributed by atoms with Gasteiger partial charge in [-0.25, -0.2) is 0 Å². The fourth-order valence-electron chi connectivity index (χ4n) is 2.63. The molecule has 0 saturated carbocycles. The molecule has 0 bridgehead atoms. The summed E-state index contributed by atoms with van der Waals surface area (Å²) in [6, 6.07) is 7.22. The monoisotopic (exact) mass is 296 g/mol. The van der Waals surface area contributed by atoms with Crippen molar-refractivity contribution in [2.24, 2.45) is 0 Å². The standard InChI is InChI=1S/C16H25ClN2O/c1-11(2)18-10-13-5-6-14(9-15(13)17)19(4)16-7-8-20-12(16)3/h5-6,9,11-12,16,18H,7-8,10H2,1-4H3. The smallest absolute Gasteiger partial charge is 0.0750 e. The number of likely N-dealkylation sites (N-methyl/N-ethyl adjacent to an activating group) is 1. The lowest BCUT2D eigenvalue weighted by molar-refractivity contribution is 0.118. The number of anilines is 1. The molecule has 0 aliphatic carbocycles. The molecule has 0 aromatic heterocycles. The average Bonchev–Trinajstić information content (AvgIpc) is 2.82. The van der Waals surface area contributed by atoms with Crippen molar-refractivity contribution >= 4 is 17.3 Å². The molecule has 1 aromatic carbocycles. The Bertz CT molecular complexity index is 450. The van der Waals surface area contributed by atoms with Gasteiger partial charge in [-0.1, -0.05) is 31.5 Å². The number of hydrogen-bond acceptors (Lipinski definition) is 3. The second kappa shape index (κ2) is 6.79. The molecular formula is C16H25ClN2O. The first-order chi connectivity index (χ1) is 9.49. The van der Waals surface area contributed by atoms with E-state index in [1.165, 1.54) is 0 Å². The first-order valence-corrected chi connectivity index (χ1v) is 7.73. The summed E-state index contributed by atoms with van der Waals surface area (Å²) in [5.74, 6) is 0. The fourth-order valence-corrected chi connectivity index (χ4v) is 2.88. The van der Waals surface area contributed by atoms with Crippen LogP contribution in [0.1, 0.15) is 32.8 Å². The third-order valence-electron chi connectivity index (χ3n) is 3.98. The maximum absolute atomic E-state index is 6.40. The van der Waals surface area contributed by atoms with Gasteiger partial charge in [-0.3, -0.25) is 0 Å². The molecular weight excluding hydrogens is 272 g/mol. The van der Waals surface area contributed by atoms with Crippen LogP contribution in [0, 0.1) is 0 Å². The second-order valence-corrected chi connectivity index (χ2v) is 6.26. The molecule has 0 spiro atoms. The molecule has 4 heteroatoms. The summed E-state index contributed by atoms with van der Waals surface area (Å²) in [6.45, 7) is 8.06. The van der Waals surface area contributed by atoms with Crippen molar-refractivity contribution in [2.45, 2.75) is 51.9 Å². The number of benzene rings is 1. The summed E-state index contributed by atoms with van der Waals surface area (Å²) in [5, 5.41) is 4.22. The summed E-state index contributed by atoms with van der Waals surface area (Å²) in [7, 11) is 2.12. The molecule has 2 atom stereocenters. The summed E-state index contributed by atoms with van der Waals surface area (Å²) in [5.41, 5.74) is 2.30. The van der Waals surface area contributed by atoms with Crippen LogP contribution in [-0.2, 0) is 11.3 Å². The van der Waals surface area contributed by atoms with E-state index in [9.17, 15) is 0 Å². The third-order valence-corrected chi connectivity index (χ3v) is 4.33. The van der Waals surface area contributed by atoms with E-state index >= 15 is 0 Å². The van der Waals surface area contributed by atoms with Gasteiger partial charge in [0.1, 0.15) is 0 Å². The lowest BCUT2D eigenvalue weighted by Crippen LogP contribution is -2.36. The first kappa shape index (κ1) is 15.6. The lowest BCUT2D eigenvalue weighted by Gasteiger charge is -2.29. The van der Waals surface area contributed by atoms with Crippen molar-refractivity contribution in [3.8, 4) is 0 Å². The van der Waals surface area contributed by atoms with E-state index in [-0.39, 0.29) is 6.10 Å². The second-order valence-electron chi connectivity index (χ2n) is 5.85. The van der Waals surface area contributed by atoms with Crippen LogP contribution < -0.4 is 10.2 Å². The lowest BCUT2D eigenvalue weighted by atomic mass is 10.1. The van der Waals surface area contributed by atoms with Gasteiger partial charge in [0.25, 0.3) is 0 Å². The molecule has 1 saturated heterocycles. The van der Waals surface area contributed by atoms with Crippen LogP contribution in [0.5, 0.6) is 0 Å². The number of nitrogens with zero attached hydrogens (tertiary/aromatic N) is 1. The molecule has 2 unspecified atom stereocenters. The number of nitrogens with one attached hydrogen (secondary N) is 1. The number of hydrogen-bond donors (Lipinski definition) is 1. The molecule has 1 aliphatic heterocycles. The highest BCUT2D eigenvalue weighted by molar-refractivity contribution is 6.31. The summed E-state index contributed by atoms with van der Waals surface area (Å²) < 4.78 is 5.64. The summed E-state index contributed by atoms with van der Waals surface area (Å²) >= 11 is 6.40. The maximum Gasteiger partial charge on any atom is 0.0750 e. The third kappa shape index (κ3) is 3.66. The zero-order valence-corrected chi connectivity index (χ0v) is 13.6. The van der Waals surface area contributed by atoms with E-state index in [1.807, 2.05) is 0 Å². The van der Waals surface area contributed by atoms with Crippen molar-refractivity contribution in [1.29, 1.82) is 0 Å². The summed E-state index contributed by atoms with van der Waals surface area (Å²) in [4.78, 5) is 2.28. The van der Waals surface area contributed by atoms with Gasteiger partial charge in [0, 0.05) is 37.0 Å². The highest BCUT2D eigenvalue weighted by Gasteiger charge is 2.28. The van der Waals surface area contributed by atoms with E-state index in [4.69, 9.17) is 16.3 Å². The van der Waals surface area contributed by atoms with Crippen LogP contribution >= 0.6 is 11.6 Å². The number of ether oxygens (including phenoxy) is 1. The van der Waals surface area contributed by atoms with E-state index < -0.39 is 0 Å². The minimum absolute atomic E-state index is 0.279. The zero-order chi connectivity index (χ0) is 14.7. The van der Waals surface area contributed by atoms with Crippen LogP contribution in [0.2, 0.25) is 5.02 Å². The molecule has 20 heavy (non-hydrogen) atoms. The molecule has 0 radical (unpaired) electrons. The van der Waals surface area contributed by atoms with Crippen LogP contribution in [0.4, 0.5) is 5.69 Å². The van der Waals surface area contributed by atoms with Gasteiger partial charge in [-0.05, 0) is 31.0 Å². The highest BCUT2D eigenvalue weighted by Crippen LogP contribution is 2.28. The Morgan fingerprint density at radius 1 is 1.45 bits per heavy atom. The molecule has 1 fully saturated rings. The van der Waals surface area contributed by atoms with Crippen molar-refractivity contribution in [3.63, 3.8) is 0 Å². The normalized spacial score (nSPS) is 22.5. The van der Waals surface area contributed by atoms with Crippen molar-refractivity contribution < 1.29 is 4.74 Å². The highest BCUT2D eigenvalue weighted by atomic mass is 35.5. The minimum atomic E-state index is 0.279. The van der Waals surface area contributed by atoms with Gasteiger partial charge in [-0.15, -0.1) is 0 Å². The Balaban J connectivity index is 2.08. The Kier molecular flexibility index (Phi) is 5.30. The predicted octanol–water partition coefficient (Wildman–Crippen LogP) is 3.45. The molecule has 112 valence electrons.